The first-order valence-corrected chi connectivity index (χ1v) is 7.74. The molecule has 0 radical (unpaired) electrons. The predicted molar refractivity (Wildman–Crippen MR) is 81.2 cm³/mol. The van der Waals surface area contributed by atoms with E-state index in [-0.39, 0.29) is 0 Å². The molecule has 2 aliphatic heterocycles. The van der Waals surface area contributed by atoms with Crippen molar-refractivity contribution in [1.29, 1.82) is 0 Å². The van der Waals surface area contributed by atoms with Gasteiger partial charge in [0.1, 0.15) is 0 Å². The maximum atomic E-state index is 5.98. The molecule has 4 rings (SSSR count). The quantitative estimate of drug-likeness (QED) is 0.905. The van der Waals surface area contributed by atoms with Gasteiger partial charge in [-0.2, -0.15) is 0 Å². The SMILES string of the molecule is c1cnc(NC[C@@H]2CO[C@H]3CN(Cc4ccoc4)C[C@@H]23)nc1. The minimum Gasteiger partial charge on any atom is -0.472 e. The van der Waals surface area contributed by atoms with E-state index in [0.29, 0.717) is 23.9 Å². The van der Waals surface area contributed by atoms with Crippen LogP contribution in [0.15, 0.2) is 41.5 Å². The Kier molecular flexibility index (Phi) is 3.78. The summed E-state index contributed by atoms with van der Waals surface area (Å²) >= 11 is 0. The smallest absolute Gasteiger partial charge is 0.222 e. The number of nitrogens with one attached hydrogen (secondary N) is 1. The number of furan rings is 1. The maximum absolute atomic E-state index is 5.98. The Morgan fingerprint density at radius 2 is 2.18 bits per heavy atom. The summed E-state index contributed by atoms with van der Waals surface area (Å²) < 4.78 is 11.1. The predicted octanol–water partition coefficient (Wildman–Crippen LogP) is 1.63. The highest BCUT2D eigenvalue weighted by Gasteiger charge is 2.43. The molecule has 2 aromatic heterocycles. The van der Waals surface area contributed by atoms with E-state index < -0.39 is 0 Å². The third-order valence-corrected chi connectivity index (χ3v) is 4.59. The third kappa shape index (κ3) is 2.84. The molecule has 0 unspecified atom stereocenters. The Morgan fingerprint density at radius 1 is 1.27 bits per heavy atom. The Labute approximate surface area is 129 Å². The van der Waals surface area contributed by atoms with E-state index in [1.165, 1.54) is 5.56 Å². The molecular formula is C16H20N4O2. The van der Waals surface area contributed by atoms with Crippen LogP contribution in [-0.2, 0) is 11.3 Å². The fourth-order valence-corrected chi connectivity index (χ4v) is 3.47. The zero-order valence-corrected chi connectivity index (χ0v) is 12.4. The minimum absolute atomic E-state index is 0.357. The number of ether oxygens (including phenoxy) is 1. The number of hydrogen-bond acceptors (Lipinski definition) is 6. The van der Waals surface area contributed by atoms with Crippen molar-refractivity contribution in [2.45, 2.75) is 12.6 Å². The van der Waals surface area contributed by atoms with Gasteiger partial charge in [-0.25, -0.2) is 9.97 Å². The zero-order chi connectivity index (χ0) is 14.8. The summed E-state index contributed by atoms with van der Waals surface area (Å²) in [5, 5.41) is 3.32. The van der Waals surface area contributed by atoms with Gasteiger partial charge in [-0.05, 0) is 12.1 Å². The molecule has 3 atom stereocenters. The lowest BCUT2D eigenvalue weighted by Crippen LogP contribution is -2.27. The maximum Gasteiger partial charge on any atom is 0.222 e. The van der Waals surface area contributed by atoms with Gasteiger partial charge in [-0.1, -0.05) is 0 Å². The molecule has 6 nitrogen and oxygen atoms in total. The first-order valence-electron chi connectivity index (χ1n) is 7.74. The molecule has 0 aliphatic carbocycles. The van der Waals surface area contributed by atoms with Crippen LogP contribution in [0, 0.1) is 11.8 Å². The minimum atomic E-state index is 0.357. The van der Waals surface area contributed by atoms with E-state index in [4.69, 9.17) is 9.15 Å². The molecule has 0 aromatic carbocycles. The van der Waals surface area contributed by atoms with Gasteiger partial charge in [0.25, 0.3) is 0 Å². The van der Waals surface area contributed by atoms with Crippen molar-refractivity contribution < 1.29 is 9.15 Å². The highest BCUT2D eigenvalue weighted by atomic mass is 16.5. The normalized spacial score (nSPS) is 27.9. The average Bonchev–Trinajstić information content (AvgIpc) is 3.25. The molecule has 0 amide bonds. The monoisotopic (exact) mass is 300 g/mol. The van der Waals surface area contributed by atoms with E-state index in [9.17, 15) is 0 Å². The molecule has 1 N–H and O–H groups in total. The summed E-state index contributed by atoms with van der Waals surface area (Å²) in [4.78, 5) is 10.9. The summed E-state index contributed by atoms with van der Waals surface area (Å²) in [7, 11) is 0. The van der Waals surface area contributed by atoms with E-state index >= 15 is 0 Å². The third-order valence-electron chi connectivity index (χ3n) is 4.59. The highest BCUT2D eigenvalue weighted by molar-refractivity contribution is 5.22. The molecule has 22 heavy (non-hydrogen) atoms. The second-order valence-electron chi connectivity index (χ2n) is 6.07. The van der Waals surface area contributed by atoms with E-state index in [0.717, 1.165) is 32.8 Å². The van der Waals surface area contributed by atoms with Crippen molar-refractivity contribution in [1.82, 2.24) is 14.9 Å². The largest absolute Gasteiger partial charge is 0.472 e. The Bertz CT molecular complexity index is 589. The van der Waals surface area contributed by atoms with Gasteiger partial charge in [0.05, 0.1) is 25.2 Å². The van der Waals surface area contributed by atoms with Crippen molar-refractivity contribution >= 4 is 5.95 Å². The lowest BCUT2D eigenvalue weighted by atomic mass is 9.93. The zero-order valence-electron chi connectivity index (χ0n) is 12.4. The van der Waals surface area contributed by atoms with Crippen molar-refractivity contribution in [2.75, 3.05) is 31.6 Å². The van der Waals surface area contributed by atoms with Crippen molar-refractivity contribution in [3.05, 3.63) is 42.6 Å². The first kappa shape index (κ1) is 13.7. The van der Waals surface area contributed by atoms with Crippen LogP contribution in [-0.4, -0.2) is 47.2 Å². The molecule has 0 spiro atoms. The standard InChI is InChI=1S/C16H20N4O2/c1-3-17-16(18-4-1)19-6-13-11-22-15-9-20(8-14(13)15)7-12-2-5-21-10-12/h1-5,10,13-15H,6-9,11H2,(H,17,18,19)/t13-,14+,15+/m1/s1. The summed E-state index contributed by atoms with van der Waals surface area (Å²) in [6.07, 6.45) is 7.42. The van der Waals surface area contributed by atoms with Gasteiger partial charge in [0.15, 0.2) is 0 Å². The van der Waals surface area contributed by atoms with Crippen LogP contribution >= 0.6 is 0 Å². The van der Waals surface area contributed by atoms with Gasteiger partial charge >= 0.3 is 0 Å². The fraction of sp³-hybridized carbons (Fsp3) is 0.500. The molecule has 2 aliphatic rings. The van der Waals surface area contributed by atoms with Gasteiger partial charge in [-0.3, -0.25) is 4.90 Å². The second-order valence-corrected chi connectivity index (χ2v) is 6.07. The van der Waals surface area contributed by atoms with Crippen LogP contribution in [0.2, 0.25) is 0 Å². The number of hydrogen-bond donors (Lipinski definition) is 1. The number of fused-ring (bicyclic) bond motifs is 1. The molecule has 0 saturated carbocycles. The Hall–Kier alpha value is -1.92. The van der Waals surface area contributed by atoms with Crippen LogP contribution in [0.4, 0.5) is 5.95 Å². The topological polar surface area (TPSA) is 63.4 Å². The summed E-state index contributed by atoms with van der Waals surface area (Å²) in [5.74, 6) is 1.80. The van der Waals surface area contributed by atoms with Gasteiger partial charge in [0, 0.05) is 56.0 Å². The molecule has 2 aromatic rings. The van der Waals surface area contributed by atoms with E-state index in [2.05, 4.69) is 20.2 Å². The summed E-state index contributed by atoms with van der Waals surface area (Å²) in [5.41, 5.74) is 1.23. The van der Waals surface area contributed by atoms with Crippen molar-refractivity contribution in [3.8, 4) is 0 Å². The van der Waals surface area contributed by atoms with Crippen molar-refractivity contribution in [3.63, 3.8) is 0 Å². The number of rotatable bonds is 5. The van der Waals surface area contributed by atoms with Gasteiger partial charge in [0.2, 0.25) is 5.95 Å². The number of likely N-dealkylation sites (tertiary alicyclic amines) is 1. The van der Waals surface area contributed by atoms with E-state index in [1.807, 2.05) is 18.4 Å². The second kappa shape index (κ2) is 6.06. The molecule has 2 saturated heterocycles. The summed E-state index contributed by atoms with van der Waals surface area (Å²) in [6, 6.07) is 3.85. The molecular weight excluding hydrogens is 280 g/mol. The molecule has 116 valence electrons. The van der Waals surface area contributed by atoms with Crippen LogP contribution in [0.1, 0.15) is 5.56 Å². The average molecular weight is 300 g/mol. The number of anilines is 1. The van der Waals surface area contributed by atoms with Gasteiger partial charge in [-0.15, -0.1) is 0 Å². The van der Waals surface area contributed by atoms with Crippen LogP contribution < -0.4 is 5.32 Å². The van der Waals surface area contributed by atoms with Crippen molar-refractivity contribution in [2.24, 2.45) is 11.8 Å². The number of nitrogens with zero attached hydrogens (tertiary/aromatic N) is 3. The first-order chi connectivity index (χ1) is 10.9. The van der Waals surface area contributed by atoms with Crippen LogP contribution in [0.5, 0.6) is 0 Å². The van der Waals surface area contributed by atoms with E-state index in [1.54, 1.807) is 18.7 Å². The molecule has 2 fully saturated rings. The molecule has 6 heteroatoms. The fourth-order valence-electron chi connectivity index (χ4n) is 3.47. The molecule has 0 bridgehead atoms. The van der Waals surface area contributed by atoms with Crippen LogP contribution in [0.3, 0.4) is 0 Å². The lowest BCUT2D eigenvalue weighted by molar-refractivity contribution is 0.0945. The van der Waals surface area contributed by atoms with Gasteiger partial charge < -0.3 is 14.5 Å². The highest BCUT2D eigenvalue weighted by Crippen LogP contribution is 2.34. The molecule has 4 heterocycles. The lowest BCUT2D eigenvalue weighted by Gasteiger charge is -2.19. The number of aromatic nitrogens is 2. The Morgan fingerprint density at radius 3 is 3.00 bits per heavy atom. The van der Waals surface area contributed by atoms with Crippen LogP contribution in [0.25, 0.3) is 0 Å². The summed E-state index contributed by atoms with van der Waals surface area (Å²) in [6.45, 7) is 4.72. The Balaban J connectivity index is 1.32.